The number of hydrogen-bond donors (Lipinski definition) is 2. The van der Waals surface area contributed by atoms with Crippen molar-refractivity contribution in [3.8, 4) is 6.07 Å². The number of esters is 1. The van der Waals surface area contributed by atoms with Crippen LogP contribution < -0.4 is 0 Å². The van der Waals surface area contributed by atoms with Crippen LogP contribution in [0.15, 0.2) is 78.9 Å². The molecule has 3 aromatic carbocycles. The molecule has 0 amide bonds. The van der Waals surface area contributed by atoms with Crippen molar-refractivity contribution >= 4 is 11.9 Å². The van der Waals surface area contributed by atoms with E-state index in [9.17, 15) is 9.59 Å². The molecule has 0 aliphatic carbocycles. The zero-order chi connectivity index (χ0) is 29.9. The van der Waals surface area contributed by atoms with Crippen LogP contribution >= 0.6 is 0 Å². The van der Waals surface area contributed by atoms with Crippen molar-refractivity contribution in [2.24, 2.45) is 5.92 Å². The third-order valence-corrected chi connectivity index (χ3v) is 5.94. The van der Waals surface area contributed by atoms with Gasteiger partial charge in [-0.25, -0.2) is 9.59 Å². The van der Waals surface area contributed by atoms with E-state index >= 15 is 0 Å². The molecule has 3 aromatic rings. The average Bonchev–Trinajstić information content (AvgIpc) is 3.33. The fourth-order valence-electron chi connectivity index (χ4n) is 3.67. The fraction of sp³-hybridized carbons (Fsp3) is 0.364. The number of aliphatic hydroxyl groups is 1. The Bertz CT molecular complexity index is 1170. The zero-order valence-electron chi connectivity index (χ0n) is 24.0. The van der Waals surface area contributed by atoms with Gasteiger partial charge in [0.25, 0.3) is 0 Å². The molecule has 1 heterocycles. The molecule has 2 N–H and O–H groups in total. The quantitative estimate of drug-likeness (QED) is 0.328. The van der Waals surface area contributed by atoms with Crippen LogP contribution in [0.3, 0.4) is 0 Å². The van der Waals surface area contributed by atoms with Crippen molar-refractivity contribution < 1.29 is 29.3 Å². The zero-order valence-corrected chi connectivity index (χ0v) is 24.0. The molecule has 1 aliphatic heterocycles. The predicted molar refractivity (Wildman–Crippen MR) is 156 cm³/mol. The SMILES string of the molecule is CC.Cc1ccc(C(=O)O)cc1.Cc1ccc(C(=O)OC[C@@H]2CC(C)[C@H](CC#N)O2)cc1.OCc1ccccc1. The first-order valence-corrected chi connectivity index (χ1v) is 13.4. The van der Waals surface area contributed by atoms with Crippen LogP contribution in [0.4, 0.5) is 0 Å². The number of hydrogen-bond acceptors (Lipinski definition) is 6. The molecule has 0 bridgehead atoms. The lowest BCUT2D eigenvalue weighted by molar-refractivity contribution is -0.00910. The minimum atomic E-state index is -0.875. The van der Waals surface area contributed by atoms with E-state index in [0.717, 1.165) is 23.1 Å². The number of benzene rings is 3. The Balaban J connectivity index is 0.000000332. The third kappa shape index (κ3) is 12.7. The van der Waals surface area contributed by atoms with Crippen molar-refractivity contribution in [3.05, 3.63) is 107 Å². The first-order valence-electron chi connectivity index (χ1n) is 13.4. The second kappa shape index (κ2) is 19.1. The molecule has 0 aromatic heterocycles. The second-order valence-corrected chi connectivity index (χ2v) is 9.15. The summed E-state index contributed by atoms with van der Waals surface area (Å²) in [6.07, 6.45) is 1.08. The van der Waals surface area contributed by atoms with E-state index in [2.05, 4.69) is 13.0 Å². The largest absolute Gasteiger partial charge is 0.478 e. The summed E-state index contributed by atoms with van der Waals surface area (Å²) < 4.78 is 11.0. The first kappa shape index (κ1) is 34.0. The number of carboxylic acid groups (broad SMARTS) is 1. The molecule has 4 rings (SSSR count). The topological polar surface area (TPSA) is 117 Å². The van der Waals surface area contributed by atoms with Gasteiger partial charge in [-0.05, 0) is 56.0 Å². The lowest BCUT2D eigenvalue weighted by atomic mass is 10.0. The lowest BCUT2D eigenvalue weighted by Crippen LogP contribution is -2.19. The Morgan fingerprint density at radius 1 is 0.925 bits per heavy atom. The monoisotopic (exact) mass is 547 g/mol. The van der Waals surface area contributed by atoms with Crippen LogP contribution in [0.5, 0.6) is 0 Å². The molecule has 7 nitrogen and oxygen atoms in total. The van der Waals surface area contributed by atoms with Gasteiger partial charge in [0.1, 0.15) is 6.61 Å². The third-order valence-electron chi connectivity index (χ3n) is 5.94. The maximum absolute atomic E-state index is 11.9. The minimum Gasteiger partial charge on any atom is -0.478 e. The number of nitriles is 1. The first-order chi connectivity index (χ1) is 19.2. The van der Waals surface area contributed by atoms with E-state index in [-0.39, 0.29) is 31.4 Å². The van der Waals surface area contributed by atoms with Gasteiger partial charge in [0.05, 0.1) is 42.4 Å². The van der Waals surface area contributed by atoms with Crippen molar-refractivity contribution in [1.29, 1.82) is 5.26 Å². The van der Waals surface area contributed by atoms with E-state index in [1.165, 1.54) is 0 Å². The van der Waals surface area contributed by atoms with Crippen molar-refractivity contribution in [2.75, 3.05) is 6.61 Å². The maximum atomic E-state index is 11.9. The van der Waals surface area contributed by atoms with Gasteiger partial charge in [0.2, 0.25) is 0 Å². The van der Waals surface area contributed by atoms with E-state index in [1.54, 1.807) is 36.4 Å². The van der Waals surface area contributed by atoms with Gasteiger partial charge >= 0.3 is 11.9 Å². The molecule has 0 saturated carbocycles. The summed E-state index contributed by atoms with van der Waals surface area (Å²) in [5.74, 6) is -0.872. The molecule has 40 heavy (non-hydrogen) atoms. The summed E-state index contributed by atoms with van der Waals surface area (Å²) >= 11 is 0. The molecule has 214 valence electrons. The van der Waals surface area contributed by atoms with E-state index in [4.69, 9.17) is 24.9 Å². The van der Waals surface area contributed by atoms with Crippen molar-refractivity contribution in [1.82, 2.24) is 0 Å². The number of nitrogens with zero attached hydrogens (tertiary/aromatic N) is 1. The molecule has 1 aliphatic rings. The summed E-state index contributed by atoms with van der Waals surface area (Å²) in [5, 5.41) is 25.7. The Labute approximate surface area is 238 Å². The summed E-state index contributed by atoms with van der Waals surface area (Å²) in [7, 11) is 0. The number of carbonyl (C=O) groups is 2. The molecular formula is C33H41NO6. The van der Waals surface area contributed by atoms with Crippen LogP contribution in [0.25, 0.3) is 0 Å². The number of aryl methyl sites for hydroxylation is 2. The highest BCUT2D eigenvalue weighted by atomic mass is 16.6. The Morgan fingerprint density at radius 3 is 1.90 bits per heavy atom. The van der Waals surface area contributed by atoms with Crippen molar-refractivity contribution in [2.45, 2.75) is 66.3 Å². The van der Waals surface area contributed by atoms with Gasteiger partial charge in [-0.2, -0.15) is 5.26 Å². The smallest absolute Gasteiger partial charge is 0.338 e. The van der Waals surface area contributed by atoms with Crippen LogP contribution in [0.2, 0.25) is 0 Å². The summed E-state index contributed by atoms with van der Waals surface area (Å²) in [4.78, 5) is 22.2. The van der Waals surface area contributed by atoms with E-state index in [0.29, 0.717) is 23.5 Å². The minimum absolute atomic E-state index is 0.0388. The molecular weight excluding hydrogens is 506 g/mol. The number of carboxylic acids is 1. The van der Waals surface area contributed by atoms with Gasteiger partial charge < -0.3 is 19.7 Å². The average molecular weight is 548 g/mol. The standard InChI is InChI=1S/C16H19NO3.C8H8O2.C7H8O.C2H6/c1-11-3-5-13(6-4-11)16(18)19-10-14-9-12(2)15(20-14)7-8-17;1-6-2-4-7(5-3-6)8(9)10;8-6-7-4-2-1-3-5-7;1-2/h3-6,12,14-15H,7,9-10H2,1-2H3;2-5H,1H3,(H,9,10);1-5,8H,6H2;1-2H3/t12?,14-,15-;;;/m0.../s1. The lowest BCUT2D eigenvalue weighted by Gasteiger charge is -2.12. The fourth-order valence-corrected chi connectivity index (χ4v) is 3.67. The Hall–Kier alpha value is -3.99. The molecule has 1 unspecified atom stereocenters. The normalized spacial score (nSPS) is 16.9. The van der Waals surface area contributed by atoms with Crippen LogP contribution in [-0.4, -0.2) is 41.0 Å². The molecule has 1 saturated heterocycles. The molecule has 3 atom stereocenters. The van der Waals surface area contributed by atoms with Gasteiger partial charge in [0.15, 0.2) is 0 Å². The van der Waals surface area contributed by atoms with Gasteiger partial charge in [-0.3, -0.25) is 0 Å². The Morgan fingerprint density at radius 2 is 1.45 bits per heavy atom. The molecule has 7 heteroatoms. The van der Waals surface area contributed by atoms with Crippen molar-refractivity contribution in [3.63, 3.8) is 0 Å². The van der Waals surface area contributed by atoms with Gasteiger partial charge in [0, 0.05) is 0 Å². The highest BCUT2D eigenvalue weighted by Crippen LogP contribution is 2.28. The van der Waals surface area contributed by atoms with E-state index in [1.807, 2.05) is 70.2 Å². The number of rotatable bonds is 6. The van der Waals surface area contributed by atoms with E-state index < -0.39 is 5.97 Å². The van der Waals surface area contributed by atoms with Crippen LogP contribution in [0.1, 0.15) is 71.0 Å². The van der Waals surface area contributed by atoms with Crippen LogP contribution in [-0.2, 0) is 16.1 Å². The molecule has 0 spiro atoms. The number of ether oxygens (including phenoxy) is 2. The van der Waals surface area contributed by atoms with Crippen LogP contribution in [0, 0.1) is 31.1 Å². The summed E-state index contributed by atoms with van der Waals surface area (Å²) in [5.41, 5.74) is 4.03. The number of aromatic carboxylic acids is 1. The Kier molecular flexibility index (Phi) is 16.3. The predicted octanol–water partition coefficient (Wildman–Crippen LogP) is 6.76. The van der Waals surface area contributed by atoms with Gasteiger partial charge in [-0.1, -0.05) is 86.5 Å². The maximum Gasteiger partial charge on any atom is 0.338 e. The second-order valence-electron chi connectivity index (χ2n) is 9.15. The number of aliphatic hydroxyl groups excluding tert-OH is 1. The molecule has 1 fully saturated rings. The highest BCUT2D eigenvalue weighted by molar-refractivity contribution is 5.89. The summed E-state index contributed by atoms with van der Waals surface area (Å²) in [6, 6.07) is 25.7. The highest BCUT2D eigenvalue weighted by Gasteiger charge is 2.32. The molecule has 0 radical (unpaired) electrons. The number of carbonyl (C=O) groups excluding carboxylic acids is 1. The van der Waals surface area contributed by atoms with Gasteiger partial charge in [-0.15, -0.1) is 0 Å². The summed E-state index contributed by atoms with van der Waals surface area (Å²) in [6.45, 7) is 10.3.